The molecule has 0 aliphatic carbocycles. The number of nitrogen functional groups attached to an aromatic ring is 1. The molecule has 0 fully saturated rings. The third-order valence-electron chi connectivity index (χ3n) is 2.36. The number of rotatable bonds is 2. The predicted octanol–water partition coefficient (Wildman–Crippen LogP) is 0.396. The molecule has 3 N–H and O–H groups in total. The zero-order chi connectivity index (χ0) is 12.6. The maximum atomic E-state index is 11.4. The summed E-state index contributed by atoms with van der Waals surface area (Å²) < 4.78 is 0. The molecule has 0 saturated heterocycles. The van der Waals surface area contributed by atoms with Crippen LogP contribution in [0.4, 0.5) is 11.4 Å². The average Bonchev–Trinajstić information content (AvgIpc) is 2.59. The lowest BCUT2D eigenvalue weighted by atomic mass is 10.1. The molecule has 6 nitrogen and oxygen atoms in total. The van der Waals surface area contributed by atoms with Gasteiger partial charge in [0.2, 0.25) is 0 Å². The fourth-order valence-electron chi connectivity index (χ4n) is 1.57. The van der Waals surface area contributed by atoms with E-state index in [1.165, 1.54) is 18.2 Å². The molecular formula is C11H8N2O4. The summed E-state index contributed by atoms with van der Waals surface area (Å²) in [5.41, 5.74) is 5.47. The second kappa shape index (κ2) is 3.75. The minimum Gasteiger partial charge on any atom is -0.478 e. The van der Waals surface area contributed by atoms with Crippen molar-refractivity contribution in [1.29, 1.82) is 0 Å². The predicted molar refractivity (Wildman–Crippen MR) is 59.4 cm³/mol. The van der Waals surface area contributed by atoms with Crippen LogP contribution in [0.3, 0.4) is 0 Å². The van der Waals surface area contributed by atoms with Crippen molar-refractivity contribution in [2.24, 2.45) is 0 Å². The topological polar surface area (TPSA) is 101 Å². The normalized spacial score (nSPS) is 14.5. The summed E-state index contributed by atoms with van der Waals surface area (Å²) in [6.07, 6.45) is 2.21. The Labute approximate surface area is 95.9 Å². The number of benzene rings is 1. The van der Waals surface area contributed by atoms with Crippen LogP contribution in [-0.4, -0.2) is 22.9 Å². The van der Waals surface area contributed by atoms with Crippen LogP contribution in [-0.2, 0) is 9.59 Å². The van der Waals surface area contributed by atoms with Crippen LogP contribution in [0.25, 0.3) is 0 Å². The Morgan fingerprint density at radius 3 is 2.29 bits per heavy atom. The van der Waals surface area contributed by atoms with Crippen LogP contribution in [0.1, 0.15) is 10.4 Å². The van der Waals surface area contributed by atoms with Crippen molar-refractivity contribution < 1.29 is 19.5 Å². The van der Waals surface area contributed by atoms with Gasteiger partial charge in [-0.3, -0.25) is 9.59 Å². The van der Waals surface area contributed by atoms with Crippen molar-refractivity contribution in [3.05, 3.63) is 35.9 Å². The number of carbonyl (C=O) groups excluding carboxylic acids is 2. The van der Waals surface area contributed by atoms with Crippen molar-refractivity contribution in [1.82, 2.24) is 0 Å². The molecule has 1 aliphatic heterocycles. The van der Waals surface area contributed by atoms with Gasteiger partial charge in [0.05, 0.1) is 16.9 Å². The number of carbonyl (C=O) groups is 3. The van der Waals surface area contributed by atoms with E-state index in [4.69, 9.17) is 10.8 Å². The molecule has 0 bridgehead atoms. The highest BCUT2D eigenvalue weighted by Crippen LogP contribution is 2.28. The first-order valence-corrected chi connectivity index (χ1v) is 4.70. The van der Waals surface area contributed by atoms with Gasteiger partial charge in [0.25, 0.3) is 11.8 Å². The van der Waals surface area contributed by atoms with E-state index in [0.29, 0.717) is 0 Å². The van der Waals surface area contributed by atoms with E-state index in [1.807, 2.05) is 0 Å². The van der Waals surface area contributed by atoms with E-state index in [-0.39, 0.29) is 16.9 Å². The fraction of sp³-hybridized carbons (Fsp3) is 0. The van der Waals surface area contributed by atoms with Crippen LogP contribution in [0, 0.1) is 0 Å². The minimum atomic E-state index is -1.21. The van der Waals surface area contributed by atoms with E-state index >= 15 is 0 Å². The monoisotopic (exact) mass is 232 g/mol. The van der Waals surface area contributed by atoms with Gasteiger partial charge in [-0.2, -0.15) is 0 Å². The third-order valence-corrected chi connectivity index (χ3v) is 2.36. The summed E-state index contributed by atoms with van der Waals surface area (Å²) in [6, 6.07) is 4.15. The lowest BCUT2D eigenvalue weighted by Gasteiger charge is -2.17. The molecule has 17 heavy (non-hydrogen) atoms. The van der Waals surface area contributed by atoms with E-state index in [2.05, 4.69) is 0 Å². The van der Waals surface area contributed by atoms with Crippen molar-refractivity contribution in [3.63, 3.8) is 0 Å². The lowest BCUT2D eigenvalue weighted by Crippen LogP contribution is -2.30. The van der Waals surface area contributed by atoms with Crippen LogP contribution >= 0.6 is 0 Å². The summed E-state index contributed by atoms with van der Waals surface area (Å²) in [6.45, 7) is 0. The fourth-order valence-corrected chi connectivity index (χ4v) is 1.57. The highest BCUT2D eigenvalue weighted by Gasteiger charge is 2.28. The minimum absolute atomic E-state index is 0.0879. The zero-order valence-corrected chi connectivity index (χ0v) is 8.58. The van der Waals surface area contributed by atoms with Crippen LogP contribution in [0.5, 0.6) is 0 Å². The lowest BCUT2D eigenvalue weighted by molar-refractivity contribution is -0.119. The first kappa shape index (κ1) is 10.9. The van der Waals surface area contributed by atoms with Gasteiger partial charge in [-0.1, -0.05) is 6.07 Å². The molecule has 86 valence electrons. The SMILES string of the molecule is Nc1c(C(=O)O)cccc1N1C(=O)C=CC1=O. The molecule has 1 aromatic rings. The quantitative estimate of drug-likeness (QED) is 0.567. The van der Waals surface area contributed by atoms with Gasteiger partial charge in [0.15, 0.2) is 0 Å². The molecular weight excluding hydrogens is 224 g/mol. The van der Waals surface area contributed by atoms with E-state index in [1.54, 1.807) is 0 Å². The number of aromatic carboxylic acids is 1. The molecule has 0 unspecified atom stereocenters. The Kier molecular flexibility index (Phi) is 2.40. The molecule has 0 atom stereocenters. The molecule has 0 radical (unpaired) electrons. The van der Waals surface area contributed by atoms with Crippen LogP contribution in [0.15, 0.2) is 30.4 Å². The molecule has 1 aromatic carbocycles. The number of carboxylic acids is 1. The number of hydrogen-bond acceptors (Lipinski definition) is 4. The van der Waals surface area contributed by atoms with Gasteiger partial charge in [-0.05, 0) is 12.1 Å². The summed E-state index contributed by atoms with van der Waals surface area (Å²) in [7, 11) is 0. The number of amides is 2. The zero-order valence-electron chi connectivity index (χ0n) is 8.58. The number of para-hydroxylation sites is 1. The molecule has 6 heteroatoms. The van der Waals surface area contributed by atoms with Gasteiger partial charge in [-0.15, -0.1) is 0 Å². The molecule has 0 spiro atoms. The van der Waals surface area contributed by atoms with Gasteiger partial charge in [0.1, 0.15) is 0 Å². The van der Waals surface area contributed by atoms with Gasteiger partial charge >= 0.3 is 5.97 Å². The number of imide groups is 1. The smallest absolute Gasteiger partial charge is 0.337 e. The number of nitrogens with zero attached hydrogens (tertiary/aromatic N) is 1. The first-order chi connectivity index (χ1) is 8.02. The number of anilines is 2. The molecule has 1 heterocycles. The maximum absolute atomic E-state index is 11.4. The molecule has 0 saturated carbocycles. The maximum Gasteiger partial charge on any atom is 0.337 e. The second-order valence-electron chi connectivity index (χ2n) is 3.39. The standard InChI is InChI=1S/C11H8N2O4/c12-10-6(11(16)17)2-1-3-7(10)13-8(14)4-5-9(13)15/h1-5H,12H2,(H,16,17). The second-order valence-corrected chi connectivity index (χ2v) is 3.39. The highest BCUT2D eigenvalue weighted by molar-refractivity contribution is 6.29. The number of nitrogens with two attached hydrogens (primary N) is 1. The highest BCUT2D eigenvalue weighted by atomic mass is 16.4. The van der Waals surface area contributed by atoms with Crippen molar-refractivity contribution >= 4 is 29.2 Å². The van der Waals surface area contributed by atoms with E-state index < -0.39 is 17.8 Å². The molecule has 1 aliphatic rings. The third kappa shape index (κ3) is 1.65. The Morgan fingerprint density at radius 1 is 1.18 bits per heavy atom. The number of carboxylic acid groups (broad SMARTS) is 1. The van der Waals surface area contributed by atoms with Crippen LogP contribution < -0.4 is 10.6 Å². The van der Waals surface area contributed by atoms with Gasteiger partial charge in [0, 0.05) is 12.2 Å². The van der Waals surface area contributed by atoms with Gasteiger partial charge in [-0.25, -0.2) is 9.69 Å². The Morgan fingerprint density at radius 2 is 1.76 bits per heavy atom. The van der Waals surface area contributed by atoms with Crippen molar-refractivity contribution in [3.8, 4) is 0 Å². The summed E-state index contributed by atoms with van der Waals surface area (Å²) in [5, 5.41) is 8.88. The number of hydrogen-bond donors (Lipinski definition) is 2. The largest absolute Gasteiger partial charge is 0.478 e. The van der Waals surface area contributed by atoms with Gasteiger partial charge < -0.3 is 10.8 Å². The average molecular weight is 232 g/mol. The Bertz CT molecular complexity index is 545. The van der Waals surface area contributed by atoms with E-state index in [9.17, 15) is 14.4 Å². The Hall–Kier alpha value is -2.63. The van der Waals surface area contributed by atoms with Crippen LogP contribution in [0.2, 0.25) is 0 Å². The molecule has 2 amide bonds. The summed E-state index contributed by atoms with van der Waals surface area (Å²) in [4.78, 5) is 34.6. The Balaban J connectivity index is 2.54. The summed E-state index contributed by atoms with van der Waals surface area (Å²) in [5.74, 6) is -2.29. The molecule has 0 aromatic heterocycles. The van der Waals surface area contributed by atoms with Crippen molar-refractivity contribution in [2.45, 2.75) is 0 Å². The first-order valence-electron chi connectivity index (χ1n) is 4.70. The molecule has 2 rings (SSSR count). The van der Waals surface area contributed by atoms with E-state index in [0.717, 1.165) is 17.1 Å². The van der Waals surface area contributed by atoms with Crippen molar-refractivity contribution in [2.75, 3.05) is 10.6 Å². The summed E-state index contributed by atoms with van der Waals surface area (Å²) >= 11 is 0.